The minimum atomic E-state index is -0.288. The quantitative estimate of drug-likeness (QED) is 0.323. The number of aromatic nitrogens is 2. The van der Waals surface area contributed by atoms with Crippen LogP contribution in [0.2, 0.25) is 0 Å². The van der Waals surface area contributed by atoms with E-state index < -0.39 is 0 Å². The van der Waals surface area contributed by atoms with Crippen molar-refractivity contribution in [3.8, 4) is 5.75 Å². The molecule has 1 aliphatic heterocycles. The van der Waals surface area contributed by atoms with Crippen LogP contribution in [0.3, 0.4) is 0 Å². The first-order chi connectivity index (χ1) is 17.6. The summed E-state index contributed by atoms with van der Waals surface area (Å²) in [6.07, 6.45) is 0. The van der Waals surface area contributed by atoms with Crippen LogP contribution in [0.4, 0.5) is 17.2 Å². The summed E-state index contributed by atoms with van der Waals surface area (Å²) >= 11 is 0. The van der Waals surface area contributed by atoms with Crippen LogP contribution in [0.1, 0.15) is 15.9 Å². The van der Waals surface area contributed by atoms with E-state index in [1.807, 2.05) is 66.7 Å². The molecule has 0 atom stereocenters. The van der Waals surface area contributed by atoms with Crippen molar-refractivity contribution in [3.05, 3.63) is 77.9 Å². The van der Waals surface area contributed by atoms with E-state index in [-0.39, 0.29) is 5.91 Å². The number of H-pyrrole nitrogens is 1. The molecule has 36 heavy (non-hydrogen) atoms. The summed E-state index contributed by atoms with van der Waals surface area (Å²) in [5.74, 6) is 0.844. The van der Waals surface area contributed by atoms with Gasteiger partial charge in [0.25, 0.3) is 5.91 Å². The smallest absolute Gasteiger partial charge is 0.259 e. The van der Waals surface area contributed by atoms with Gasteiger partial charge in [-0.1, -0.05) is 30.3 Å². The highest BCUT2D eigenvalue weighted by Crippen LogP contribution is 2.29. The maximum Gasteiger partial charge on any atom is 0.259 e. The van der Waals surface area contributed by atoms with Crippen LogP contribution in [0, 0.1) is 0 Å². The van der Waals surface area contributed by atoms with Gasteiger partial charge in [0.05, 0.1) is 23.9 Å². The van der Waals surface area contributed by atoms with Gasteiger partial charge in [0.2, 0.25) is 0 Å². The van der Waals surface area contributed by atoms with Crippen molar-refractivity contribution in [3.63, 3.8) is 0 Å². The summed E-state index contributed by atoms with van der Waals surface area (Å²) in [5.41, 5.74) is 6.84. The minimum Gasteiger partial charge on any atom is -0.489 e. The lowest BCUT2D eigenvalue weighted by Crippen LogP contribution is -2.44. The minimum absolute atomic E-state index is 0.288. The molecular weight excluding hydrogens is 456 g/mol. The first kappa shape index (κ1) is 23.7. The zero-order valence-corrected chi connectivity index (χ0v) is 20.5. The summed E-state index contributed by atoms with van der Waals surface area (Å²) in [5, 5.41) is 11.0. The fraction of sp³-hybridized carbons (Fsp3) is 0.259. The summed E-state index contributed by atoms with van der Waals surface area (Å²) in [6, 6.07) is 21.4. The van der Waals surface area contributed by atoms with E-state index in [9.17, 15) is 4.79 Å². The molecule has 1 aromatic heterocycles. The molecule has 0 aliphatic carbocycles. The fourth-order valence-corrected chi connectivity index (χ4v) is 4.28. The number of nitrogens with one attached hydrogen (secondary N) is 3. The zero-order chi connectivity index (χ0) is 24.9. The molecule has 0 spiro atoms. The molecule has 9 heteroatoms. The molecule has 0 radical (unpaired) electrons. The van der Waals surface area contributed by atoms with Crippen molar-refractivity contribution in [2.24, 2.45) is 0 Å². The lowest BCUT2D eigenvalue weighted by molar-refractivity contribution is 0.102. The molecular formula is C27H30N6O3. The number of ether oxygens (including phenoxy) is 1. The maximum absolute atomic E-state index is 13.3. The Morgan fingerprint density at radius 3 is 2.61 bits per heavy atom. The lowest BCUT2D eigenvalue weighted by atomic mass is 10.1. The van der Waals surface area contributed by atoms with Crippen LogP contribution in [-0.4, -0.2) is 61.3 Å². The number of rotatable bonds is 8. The van der Waals surface area contributed by atoms with Crippen molar-refractivity contribution in [1.29, 1.82) is 0 Å². The third-order valence-corrected chi connectivity index (χ3v) is 6.34. The molecule has 0 saturated carbocycles. The van der Waals surface area contributed by atoms with E-state index in [1.54, 1.807) is 0 Å². The van der Waals surface area contributed by atoms with Gasteiger partial charge >= 0.3 is 0 Å². The van der Waals surface area contributed by atoms with Gasteiger partial charge in [0.15, 0.2) is 5.82 Å². The molecule has 9 nitrogen and oxygen atoms in total. The number of carbonyl (C=O) groups excluding carboxylic acids is 1. The molecule has 5 rings (SSSR count). The molecule has 3 N–H and O–H groups in total. The van der Waals surface area contributed by atoms with Crippen LogP contribution in [0.25, 0.3) is 10.9 Å². The van der Waals surface area contributed by atoms with Gasteiger partial charge in [-0.05, 0) is 49.0 Å². The topological polar surface area (TPSA) is 94.8 Å². The number of nitrogens with zero attached hydrogens (tertiary/aromatic N) is 3. The second-order valence-electron chi connectivity index (χ2n) is 8.83. The predicted octanol–water partition coefficient (Wildman–Crippen LogP) is 4.12. The van der Waals surface area contributed by atoms with Crippen LogP contribution >= 0.6 is 0 Å². The van der Waals surface area contributed by atoms with Gasteiger partial charge in [-0.2, -0.15) is 5.10 Å². The molecule has 186 valence electrons. The monoisotopic (exact) mass is 486 g/mol. The van der Waals surface area contributed by atoms with Crippen LogP contribution < -0.4 is 20.4 Å². The summed E-state index contributed by atoms with van der Waals surface area (Å²) in [7, 11) is 3.65. The normalized spacial score (nSPS) is 14.1. The van der Waals surface area contributed by atoms with Crippen LogP contribution in [-0.2, 0) is 11.4 Å². The SMILES string of the molecule is CONc1cc(N2CCN(C)CC2)ccc1C(=O)Nc1n[nH]c2ccc(OCc3ccccc3)cc12. The Kier molecular flexibility index (Phi) is 7.01. The van der Waals surface area contributed by atoms with E-state index in [2.05, 4.69) is 37.8 Å². The first-order valence-corrected chi connectivity index (χ1v) is 11.9. The summed E-state index contributed by atoms with van der Waals surface area (Å²) in [6.45, 7) is 4.32. The van der Waals surface area contributed by atoms with Gasteiger partial charge in [0.1, 0.15) is 12.4 Å². The standard InChI is InChI=1S/C27H30N6O3/c1-32-12-14-33(15-13-32)20-8-10-22(25(16-20)31-35-2)27(34)28-26-23-17-21(9-11-24(23)29-30-26)36-18-19-6-4-3-5-7-19/h3-11,16-17,31H,12-15,18H2,1-2H3,(H2,28,29,30,34). The van der Waals surface area contributed by atoms with Gasteiger partial charge < -0.3 is 19.9 Å². The predicted molar refractivity (Wildman–Crippen MR) is 142 cm³/mol. The van der Waals surface area contributed by atoms with E-state index in [4.69, 9.17) is 9.57 Å². The summed E-state index contributed by atoms with van der Waals surface area (Å²) < 4.78 is 5.95. The average Bonchev–Trinajstić information content (AvgIpc) is 3.30. The zero-order valence-electron chi connectivity index (χ0n) is 20.5. The largest absolute Gasteiger partial charge is 0.489 e. The number of benzene rings is 3. The molecule has 3 aromatic carbocycles. The number of likely N-dealkylation sites (N-methyl/N-ethyl adjacent to an activating group) is 1. The highest BCUT2D eigenvalue weighted by molar-refractivity contribution is 6.11. The number of fused-ring (bicyclic) bond motifs is 1. The Morgan fingerprint density at radius 1 is 1.03 bits per heavy atom. The number of hydrogen-bond donors (Lipinski definition) is 3. The van der Waals surface area contributed by atoms with Gasteiger partial charge in [-0.25, -0.2) is 0 Å². The highest BCUT2D eigenvalue weighted by atomic mass is 16.6. The Balaban J connectivity index is 1.33. The molecule has 1 amide bonds. The molecule has 1 aliphatic rings. The van der Waals surface area contributed by atoms with Crippen molar-refractivity contribution in [2.75, 3.05) is 56.0 Å². The van der Waals surface area contributed by atoms with Crippen molar-refractivity contribution >= 4 is 34.0 Å². The van der Waals surface area contributed by atoms with E-state index in [0.717, 1.165) is 48.3 Å². The van der Waals surface area contributed by atoms with Crippen molar-refractivity contribution in [2.45, 2.75) is 6.61 Å². The molecule has 1 saturated heterocycles. The van der Waals surface area contributed by atoms with Crippen LogP contribution in [0.15, 0.2) is 66.7 Å². The first-order valence-electron chi connectivity index (χ1n) is 11.9. The Morgan fingerprint density at radius 2 is 1.83 bits per heavy atom. The third-order valence-electron chi connectivity index (χ3n) is 6.34. The Bertz CT molecular complexity index is 1330. The molecule has 0 bridgehead atoms. The molecule has 2 heterocycles. The molecule has 0 unspecified atom stereocenters. The number of amides is 1. The number of hydrogen-bond acceptors (Lipinski definition) is 7. The number of anilines is 3. The van der Waals surface area contributed by atoms with Crippen molar-refractivity contribution in [1.82, 2.24) is 15.1 Å². The third kappa shape index (κ3) is 5.27. The number of carbonyl (C=O) groups is 1. The number of piperazine rings is 1. The highest BCUT2D eigenvalue weighted by Gasteiger charge is 2.19. The Labute approximate surface area is 210 Å². The molecule has 1 fully saturated rings. The average molecular weight is 487 g/mol. The van der Waals surface area contributed by atoms with Crippen molar-refractivity contribution < 1.29 is 14.4 Å². The van der Waals surface area contributed by atoms with Crippen LogP contribution in [0.5, 0.6) is 5.75 Å². The number of aromatic amines is 1. The second-order valence-corrected chi connectivity index (χ2v) is 8.83. The maximum atomic E-state index is 13.3. The van der Waals surface area contributed by atoms with Gasteiger partial charge in [0, 0.05) is 37.3 Å². The van der Waals surface area contributed by atoms with E-state index in [0.29, 0.717) is 29.4 Å². The van der Waals surface area contributed by atoms with Gasteiger partial charge in [-0.15, -0.1) is 0 Å². The fourth-order valence-electron chi connectivity index (χ4n) is 4.28. The van der Waals surface area contributed by atoms with E-state index >= 15 is 0 Å². The van der Waals surface area contributed by atoms with E-state index in [1.165, 1.54) is 7.11 Å². The second kappa shape index (κ2) is 10.7. The Hall–Kier alpha value is -4.08. The summed E-state index contributed by atoms with van der Waals surface area (Å²) in [4.78, 5) is 23.0. The van der Waals surface area contributed by atoms with Gasteiger partial charge in [-0.3, -0.25) is 20.2 Å². The molecule has 4 aromatic rings. The lowest BCUT2D eigenvalue weighted by Gasteiger charge is -2.34.